The Morgan fingerprint density at radius 1 is 1.00 bits per heavy atom. The van der Waals surface area contributed by atoms with E-state index in [1.807, 2.05) is 21.1 Å². The average molecular weight is 282 g/mol. The summed E-state index contributed by atoms with van der Waals surface area (Å²) < 4.78 is 23.9. The van der Waals surface area contributed by atoms with Crippen molar-refractivity contribution in [3.8, 4) is 0 Å². The number of quaternary nitrogens is 1. The van der Waals surface area contributed by atoms with Gasteiger partial charge in [0.15, 0.2) is 0 Å². The van der Waals surface area contributed by atoms with Crippen molar-refractivity contribution >= 4 is 15.6 Å². The normalized spacial score (nSPS) is 13.0. The molecule has 0 aromatic heterocycles. The highest BCUT2D eigenvalue weighted by Gasteiger charge is 2.15. The van der Waals surface area contributed by atoms with Gasteiger partial charge in [0.1, 0.15) is 13.2 Å². The van der Waals surface area contributed by atoms with Crippen LogP contribution < -0.4 is 0 Å². The van der Waals surface area contributed by atoms with Crippen molar-refractivity contribution in [3.63, 3.8) is 0 Å². The highest BCUT2D eigenvalue weighted by Crippen LogP contribution is 2.35. The van der Waals surface area contributed by atoms with Gasteiger partial charge in [0.2, 0.25) is 0 Å². The van der Waals surface area contributed by atoms with E-state index >= 15 is 0 Å². The second-order valence-electron chi connectivity index (χ2n) is 3.85. The number of likely N-dealkylation sites (N-methyl/N-ethyl adjacent to an activating group) is 1. The standard InChI is InChI=1S/C5H14NO4P.H3O4P/c1-6(2,3)4-5-10-11(7,8)9;1-5(2,3)4/h4-5H2,1-3H3,(H-,7,8,9);(H3,1,2,3,4)/p+1. The van der Waals surface area contributed by atoms with E-state index in [1.54, 1.807) is 0 Å². The summed E-state index contributed by atoms with van der Waals surface area (Å²) in [5.74, 6) is 0. The van der Waals surface area contributed by atoms with Gasteiger partial charge in [0.05, 0.1) is 21.1 Å². The molecule has 0 saturated carbocycles. The minimum atomic E-state index is -4.64. The summed E-state index contributed by atoms with van der Waals surface area (Å²) in [5.41, 5.74) is 0. The van der Waals surface area contributed by atoms with Gasteiger partial charge >= 0.3 is 15.6 Å². The topological polar surface area (TPSA) is 145 Å². The molecule has 0 radical (unpaired) electrons. The van der Waals surface area contributed by atoms with Crippen molar-refractivity contribution in [2.24, 2.45) is 0 Å². The maximum absolute atomic E-state index is 10.2. The van der Waals surface area contributed by atoms with Gasteiger partial charge in [-0.2, -0.15) is 0 Å². The van der Waals surface area contributed by atoms with Crippen LogP contribution in [-0.4, -0.2) is 63.2 Å². The maximum Gasteiger partial charge on any atom is 0.469 e. The fraction of sp³-hybridized carbons (Fsp3) is 1.00. The first-order chi connectivity index (χ1) is 6.71. The van der Waals surface area contributed by atoms with Gasteiger partial charge in [-0.25, -0.2) is 9.13 Å². The first kappa shape index (κ1) is 18.5. The molecule has 0 rings (SSSR count). The number of phosphoric ester groups is 1. The van der Waals surface area contributed by atoms with Crippen LogP contribution in [0.5, 0.6) is 0 Å². The highest BCUT2D eigenvalue weighted by atomic mass is 31.2. The fourth-order valence-electron chi connectivity index (χ4n) is 0.434. The van der Waals surface area contributed by atoms with E-state index in [4.69, 9.17) is 29.0 Å². The lowest BCUT2D eigenvalue weighted by Crippen LogP contribution is -2.37. The number of nitrogens with zero attached hydrogens (tertiary/aromatic N) is 1. The minimum Gasteiger partial charge on any atom is -0.329 e. The molecule has 0 saturated heterocycles. The molecule has 0 aromatic rings. The van der Waals surface area contributed by atoms with Crippen molar-refractivity contribution in [3.05, 3.63) is 0 Å². The quantitative estimate of drug-likeness (QED) is 0.322. The first-order valence-corrected chi connectivity index (χ1v) is 7.09. The minimum absolute atomic E-state index is 0.0772. The molecule has 0 bridgehead atoms. The Kier molecular flexibility index (Phi) is 7.89. The van der Waals surface area contributed by atoms with Gasteiger partial charge in [0.25, 0.3) is 0 Å². The van der Waals surface area contributed by atoms with Crippen LogP contribution in [-0.2, 0) is 13.7 Å². The lowest BCUT2D eigenvalue weighted by molar-refractivity contribution is -0.870. The number of phosphoric acid groups is 2. The molecule has 0 aromatic carbocycles. The van der Waals surface area contributed by atoms with Gasteiger partial charge in [-0.15, -0.1) is 0 Å². The Hall–Kier alpha value is 0.180. The van der Waals surface area contributed by atoms with Crippen LogP contribution in [0.4, 0.5) is 0 Å². The Morgan fingerprint density at radius 2 is 1.31 bits per heavy atom. The molecule has 0 aliphatic heterocycles. The van der Waals surface area contributed by atoms with Crippen LogP contribution >= 0.6 is 15.6 Å². The van der Waals surface area contributed by atoms with Crippen LogP contribution in [0, 0.1) is 0 Å². The fourth-order valence-corrected chi connectivity index (χ4v) is 0.753. The smallest absolute Gasteiger partial charge is 0.329 e. The van der Waals surface area contributed by atoms with Gasteiger partial charge in [0, 0.05) is 0 Å². The molecule has 5 N–H and O–H groups in total. The molecule has 9 nitrogen and oxygen atoms in total. The molecule has 0 spiro atoms. The van der Waals surface area contributed by atoms with Crippen LogP contribution in [0.3, 0.4) is 0 Å². The van der Waals surface area contributed by atoms with E-state index in [1.165, 1.54) is 0 Å². The lowest BCUT2D eigenvalue weighted by Gasteiger charge is -2.23. The van der Waals surface area contributed by atoms with Crippen molar-refractivity contribution in [2.45, 2.75) is 0 Å². The van der Waals surface area contributed by atoms with Crippen molar-refractivity contribution in [1.82, 2.24) is 0 Å². The van der Waals surface area contributed by atoms with Gasteiger partial charge in [-0.1, -0.05) is 0 Å². The van der Waals surface area contributed by atoms with Gasteiger partial charge in [-0.3, -0.25) is 4.52 Å². The predicted molar refractivity (Wildman–Crippen MR) is 55.2 cm³/mol. The lowest BCUT2D eigenvalue weighted by atomic mass is 10.5. The molecule has 0 heterocycles. The summed E-state index contributed by atoms with van der Waals surface area (Å²) in [7, 11) is -3.14. The summed E-state index contributed by atoms with van der Waals surface area (Å²) in [5, 5.41) is 0. The average Bonchev–Trinajstić information content (AvgIpc) is 1.74. The molecular formula is C5H18NO8P2+. The molecule has 0 aliphatic carbocycles. The first-order valence-electron chi connectivity index (χ1n) is 3.99. The highest BCUT2D eigenvalue weighted by molar-refractivity contribution is 7.46. The van der Waals surface area contributed by atoms with E-state index in [9.17, 15) is 4.57 Å². The molecule has 100 valence electrons. The van der Waals surface area contributed by atoms with E-state index in [0.29, 0.717) is 11.0 Å². The summed E-state index contributed by atoms with van der Waals surface area (Å²) in [6, 6.07) is 0. The van der Waals surface area contributed by atoms with Crippen LogP contribution in [0.2, 0.25) is 0 Å². The molecular weight excluding hydrogens is 264 g/mol. The third-order valence-electron chi connectivity index (χ3n) is 1.02. The Balaban J connectivity index is 0. The molecule has 16 heavy (non-hydrogen) atoms. The Bertz CT molecular complexity index is 266. The molecule has 0 amide bonds. The molecule has 0 atom stereocenters. The zero-order valence-electron chi connectivity index (χ0n) is 9.22. The van der Waals surface area contributed by atoms with Crippen molar-refractivity contribution in [1.29, 1.82) is 0 Å². The van der Waals surface area contributed by atoms with Crippen LogP contribution in [0.15, 0.2) is 0 Å². The summed E-state index contributed by atoms with van der Waals surface area (Å²) in [6.07, 6.45) is 0. The molecule has 0 aliphatic rings. The van der Waals surface area contributed by atoms with Gasteiger partial charge < -0.3 is 29.0 Å². The third kappa shape index (κ3) is 36.8. The van der Waals surface area contributed by atoms with Crippen molar-refractivity contribution < 1.29 is 42.6 Å². The van der Waals surface area contributed by atoms with Crippen molar-refractivity contribution in [2.75, 3.05) is 34.3 Å². The zero-order chi connectivity index (χ0) is 13.6. The molecule has 11 heteroatoms. The maximum atomic E-state index is 10.2. The monoisotopic (exact) mass is 282 g/mol. The molecule has 0 unspecified atom stereocenters. The number of hydrogen-bond acceptors (Lipinski definition) is 3. The number of rotatable bonds is 4. The largest absolute Gasteiger partial charge is 0.469 e. The third-order valence-corrected chi connectivity index (χ3v) is 1.54. The second kappa shape index (κ2) is 6.80. The summed E-state index contributed by atoms with van der Waals surface area (Å²) in [4.78, 5) is 38.2. The second-order valence-corrected chi connectivity index (χ2v) is 6.12. The van der Waals surface area contributed by atoms with E-state index < -0.39 is 15.6 Å². The number of hydrogen-bond donors (Lipinski definition) is 5. The van der Waals surface area contributed by atoms with E-state index in [2.05, 4.69) is 4.52 Å². The van der Waals surface area contributed by atoms with Crippen LogP contribution in [0.25, 0.3) is 0 Å². The Morgan fingerprint density at radius 3 is 1.50 bits per heavy atom. The Labute approximate surface area is 93.4 Å². The SMILES string of the molecule is C[N+](C)(C)CCOP(=O)(O)O.O=P(O)(O)O. The summed E-state index contributed by atoms with van der Waals surface area (Å²) in [6.45, 7) is 0.652. The van der Waals surface area contributed by atoms with Crippen LogP contribution in [0.1, 0.15) is 0 Å². The summed E-state index contributed by atoms with van der Waals surface area (Å²) >= 11 is 0. The molecule has 0 fully saturated rings. The van der Waals surface area contributed by atoms with E-state index in [0.717, 1.165) is 0 Å². The van der Waals surface area contributed by atoms with E-state index in [-0.39, 0.29) is 6.61 Å². The van der Waals surface area contributed by atoms with Gasteiger partial charge in [-0.05, 0) is 0 Å². The predicted octanol–water partition coefficient (Wildman–Crippen LogP) is -1.13. The zero-order valence-corrected chi connectivity index (χ0v) is 11.0.